The first kappa shape index (κ1) is 16.2. The average Bonchev–Trinajstić information content (AvgIpc) is 2.47. The van der Waals surface area contributed by atoms with Crippen LogP contribution in [0.5, 0.6) is 0 Å². The summed E-state index contributed by atoms with van der Waals surface area (Å²) in [5.74, 6) is 0.892. The lowest BCUT2D eigenvalue weighted by molar-refractivity contribution is 0.0290. The molecule has 2 aliphatic heterocycles. The van der Waals surface area contributed by atoms with Crippen LogP contribution in [0.4, 0.5) is 0 Å². The molecule has 6 heteroatoms. The van der Waals surface area contributed by atoms with Gasteiger partial charge >= 0.3 is 0 Å². The van der Waals surface area contributed by atoms with Crippen molar-refractivity contribution in [1.29, 1.82) is 0 Å². The van der Waals surface area contributed by atoms with E-state index in [4.69, 9.17) is 4.74 Å². The van der Waals surface area contributed by atoms with E-state index in [1.54, 1.807) is 4.31 Å². The number of hydrogen-bond acceptors (Lipinski definition) is 4. The first-order valence-electron chi connectivity index (χ1n) is 7.92. The highest BCUT2D eigenvalue weighted by atomic mass is 32.2. The Balaban J connectivity index is 1.75. The highest BCUT2D eigenvalue weighted by molar-refractivity contribution is 7.89. The molecule has 0 spiro atoms. The highest BCUT2D eigenvalue weighted by Gasteiger charge is 2.28. The standard InChI is InChI=1S/C14H28N2O3S/c1-2-19-14-5-10-16(11-6-14)20(17,18)12-7-13-3-8-15-9-4-13/h13-15H,2-12H2,1H3. The van der Waals surface area contributed by atoms with Crippen LogP contribution in [-0.2, 0) is 14.8 Å². The summed E-state index contributed by atoms with van der Waals surface area (Å²) in [7, 11) is -3.06. The molecule has 2 heterocycles. The lowest BCUT2D eigenvalue weighted by Crippen LogP contribution is -2.42. The van der Waals surface area contributed by atoms with Gasteiger partial charge in [0.15, 0.2) is 0 Å². The minimum absolute atomic E-state index is 0.246. The van der Waals surface area contributed by atoms with Gasteiger partial charge in [-0.15, -0.1) is 0 Å². The molecule has 0 amide bonds. The van der Waals surface area contributed by atoms with E-state index in [1.807, 2.05) is 6.92 Å². The predicted molar refractivity (Wildman–Crippen MR) is 80.2 cm³/mol. The molecule has 20 heavy (non-hydrogen) atoms. The van der Waals surface area contributed by atoms with Crippen LogP contribution < -0.4 is 5.32 Å². The monoisotopic (exact) mass is 304 g/mol. The SMILES string of the molecule is CCOC1CCN(S(=O)(=O)CCC2CCNCC2)CC1. The van der Waals surface area contributed by atoms with Gasteiger partial charge in [0, 0.05) is 19.7 Å². The van der Waals surface area contributed by atoms with Crippen molar-refractivity contribution in [3.8, 4) is 0 Å². The van der Waals surface area contributed by atoms with E-state index in [0.717, 1.165) is 45.2 Å². The van der Waals surface area contributed by atoms with Crippen LogP contribution in [0.25, 0.3) is 0 Å². The molecule has 0 aliphatic carbocycles. The van der Waals surface area contributed by atoms with Crippen LogP contribution in [0.3, 0.4) is 0 Å². The molecular formula is C14H28N2O3S. The van der Waals surface area contributed by atoms with Crippen LogP contribution >= 0.6 is 0 Å². The average molecular weight is 304 g/mol. The van der Waals surface area contributed by atoms with Gasteiger partial charge in [-0.3, -0.25) is 0 Å². The number of hydrogen-bond donors (Lipinski definition) is 1. The lowest BCUT2D eigenvalue weighted by Gasteiger charge is -2.31. The van der Waals surface area contributed by atoms with Gasteiger partial charge in [0.2, 0.25) is 10.0 Å². The van der Waals surface area contributed by atoms with E-state index in [0.29, 0.717) is 31.4 Å². The van der Waals surface area contributed by atoms with Crippen molar-refractivity contribution >= 4 is 10.0 Å². The number of ether oxygens (including phenoxy) is 1. The molecule has 5 nitrogen and oxygen atoms in total. The van der Waals surface area contributed by atoms with Crippen LogP contribution in [0.15, 0.2) is 0 Å². The quantitative estimate of drug-likeness (QED) is 0.801. The first-order chi connectivity index (χ1) is 9.62. The minimum atomic E-state index is -3.06. The van der Waals surface area contributed by atoms with Crippen LogP contribution in [0, 0.1) is 5.92 Å². The highest BCUT2D eigenvalue weighted by Crippen LogP contribution is 2.21. The third-order valence-electron chi connectivity index (χ3n) is 4.44. The van der Waals surface area contributed by atoms with Gasteiger partial charge in [0.1, 0.15) is 0 Å². The second-order valence-corrected chi connectivity index (χ2v) is 7.94. The van der Waals surface area contributed by atoms with Gasteiger partial charge in [-0.1, -0.05) is 0 Å². The summed E-state index contributed by atoms with van der Waals surface area (Å²) in [6.45, 7) is 6.02. The maximum atomic E-state index is 12.4. The smallest absolute Gasteiger partial charge is 0.214 e. The Morgan fingerprint density at radius 2 is 1.80 bits per heavy atom. The van der Waals surface area contributed by atoms with E-state index in [9.17, 15) is 8.42 Å². The Hall–Kier alpha value is -0.170. The number of rotatable bonds is 6. The number of piperidine rings is 2. The largest absolute Gasteiger partial charge is 0.378 e. The van der Waals surface area contributed by atoms with E-state index < -0.39 is 10.0 Å². The van der Waals surface area contributed by atoms with Crippen molar-refractivity contribution in [3.63, 3.8) is 0 Å². The molecule has 0 unspecified atom stereocenters. The Kier molecular flexibility index (Phi) is 6.26. The lowest BCUT2D eigenvalue weighted by atomic mass is 9.96. The maximum Gasteiger partial charge on any atom is 0.214 e. The van der Waals surface area contributed by atoms with Gasteiger partial charge in [0.25, 0.3) is 0 Å². The fraction of sp³-hybridized carbons (Fsp3) is 1.00. The van der Waals surface area contributed by atoms with Gasteiger partial charge in [-0.25, -0.2) is 12.7 Å². The molecule has 0 radical (unpaired) electrons. The number of nitrogens with zero attached hydrogens (tertiary/aromatic N) is 1. The van der Waals surface area contributed by atoms with E-state index in [-0.39, 0.29) is 6.10 Å². The molecular weight excluding hydrogens is 276 g/mol. The molecule has 2 aliphatic rings. The molecule has 0 aromatic rings. The van der Waals surface area contributed by atoms with Gasteiger partial charge in [-0.05, 0) is 58.0 Å². The zero-order valence-electron chi connectivity index (χ0n) is 12.5. The summed E-state index contributed by atoms with van der Waals surface area (Å²) in [5, 5.41) is 3.32. The fourth-order valence-electron chi connectivity index (χ4n) is 3.13. The topological polar surface area (TPSA) is 58.6 Å². The summed E-state index contributed by atoms with van der Waals surface area (Å²) in [4.78, 5) is 0. The van der Waals surface area contributed by atoms with Crippen molar-refractivity contribution in [3.05, 3.63) is 0 Å². The molecule has 2 rings (SSSR count). The van der Waals surface area contributed by atoms with E-state index in [2.05, 4.69) is 5.32 Å². The summed E-state index contributed by atoms with van der Waals surface area (Å²) in [6.07, 6.45) is 4.95. The third kappa shape index (κ3) is 4.69. The predicted octanol–water partition coefficient (Wildman–Crippen LogP) is 1.21. The summed E-state index contributed by atoms with van der Waals surface area (Å²) >= 11 is 0. The Bertz CT molecular complexity index is 372. The maximum absolute atomic E-state index is 12.4. The van der Waals surface area contributed by atoms with Crippen molar-refractivity contribution in [2.24, 2.45) is 5.92 Å². The van der Waals surface area contributed by atoms with Gasteiger partial charge in [-0.2, -0.15) is 0 Å². The molecule has 0 aromatic carbocycles. The minimum Gasteiger partial charge on any atom is -0.378 e. The zero-order chi connectivity index (χ0) is 14.4. The molecule has 0 bridgehead atoms. The van der Waals surface area contributed by atoms with Crippen LogP contribution in [0.1, 0.15) is 39.0 Å². The summed E-state index contributed by atoms with van der Waals surface area (Å²) < 4.78 is 32.0. The molecule has 118 valence electrons. The molecule has 2 saturated heterocycles. The molecule has 0 saturated carbocycles. The van der Waals surface area contributed by atoms with Crippen molar-refractivity contribution < 1.29 is 13.2 Å². The van der Waals surface area contributed by atoms with Gasteiger partial charge in [0.05, 0.1) is 11.9 Å². The Morgan fingerprint density at radius 1 is 1.15 bits per heavy atom. The molecule has 1 N–H and O–H groups in total. The molecule has 2 fully saturated rings. The first-order valence-corrected chi connectivity index (χ1v) is 9.53. The number of sulfonamides is 1. The fourth-order valence-corrected chi connectivity index (χ4v) is 4.78. The second-order valence-electron chi connectivity index (χ2n) is 5.85. The summed E-state index contributed by atoms with van der Waals surface area (Å²) in [5.41, 5.74) is 0. The Morgan fingerprint density at radius 3 is 2.40 bits per heavy atom. The van der Waals surface area contributed by atoms with Crippen molar-refractivity contribution in [2.45, 2.75) is 45.1 Å². The summed E-state index contributed by atoms with van der Waals surface area (Å²) in [6, 6.07) is 0. The zero-order valence-corrected chi connectivity index (χ0v) is 13.3. The third-order valence-corrected chi connectivity index (χ3v) is 6.34. The van der Waals surface area contributed by atoms with Crippen molar-refractivity contribution in [1.82, 2.24) is 9.62 Å². The molecule has 0 atom stereocenters. The number of nitrogens with one attached hydrogen (secondary N) is 1. The van der Waals surface area contributed by atoms with Gasteiger partial charge < -0.3 is 10.1 Å². The Labute approximate surface area is 123 Å². The second kappa shape index (κ2) is 7.73. The van der Waals surface area contributed by atoms with Crippen LogP contribution in [0.2, 0.25) is 0 Å². The normalized spacial score (nSPS) is 24.1. The van der Waals surface area contributed by atoms with Crippen molar-refractivity contribution in [2.75, 3.05) is 38.5 Å². The van der Waals surface area contributed by atoms with Crippen LogP contribution in [-0.4, -0.2) is 57.4 Å². The molecule has 0 aromatic heterocycles. The van der Waals surface area contributed by atoms with E-state index >= 15 is 0 Å². The van der Waals surface area contributed by atoms with E-state index in [1.165, 1.54) is 0 Å².